The lowest BCUT2D eigenvalue weighted by Crippen LogP contribution is -2.35. The van der Waals surface area contributed by atoms with Crippen molar-refractivity contribution in [3.8, 4) is 11.1 Å². The molecule has 146 valence electrons. The number of halogens is 1. The number of hydrogen-bond acceptors (Lipinski definition) is 4. The third kappa shape index (κ3) is 4.43. The Kier molecular flexibility index (Phi) is 5.53. The Bertz CT molecular complexity index is 1040. The molecular formula is C22H19ClN4O2. The molecule has 1 aliphatic rings. The fourth-order valence-corrected chi connectivity index (χ4v) is 3.62. The van der Waals surface area contributed by atoms with Gasteiger partial charge >= 0.3 is 0 Å². The quantitative estimate of drug-likeness (QED) is 0.617. The lowest BCUT2D eigenvalue weighted by Gasteiger charge is -2.29. The number of benzene rings is 1. The van der Waals surface area contributed by atoms with Crippen molar-refractivity contribution in [3.63, 3.8) is 0 Å². The van der Waals surface area contributed by atoms with Crippen LogP contribution in [0.3, 0.4) is 0 Å². The van der Waals surface area contributed by atoms with Gasteiger partial charge in [0.2, 0.25) is 5.91 Å². The second-order valence-corrected chi connectivity index (χ2v) is 7.54. The molecule has 0 radical (unpaired) electrons. The molecule has 7 heteroatoms. The summed E-state index contributed by atoms with van der Waals surface area (Å²) in [4.78, 5) is 33.2. The molecule has 2 amide bonds. The number of anilines is 2. The van der Waals surface area contributed by atoms with Gasteiger partial charge in [-0.15, -0.1) is 11.6 Å². The number of carbonyl (C=O) groups is 2. The Balaban J connectivity index is 1.49. The summed E-state index contributed by atoms with van der Waals surface area (Å²) >= 11 is 5.94. The fourth-order valence-electron chi connectivity index (χ4n) is 3.19. The second-order valence-electron chi connectivity index (χ2n) is 6.93. The van der Waals surface area contributed by atoms with Gasteiger partial charge < -0.3 is 10.6 Å². The lowest BCUT2D eigenvalue weighted by atomic mass is 9.84. The van der Waals surface area contributed by atoms with Gasteiger partial charge in [0.25, 0.3) is 5.91 Å². The van der Waals surface area contributed by atoms with Crippen LogP contribution in [0.25, 0.3) is 11.1 Å². The zero-order valence-electron chi connectivity index (χ0n) is 15.5. The van der Waals surface area contributed by atoms with Crippen LogP contribution in [0.4, 0.5) is 11.5 Å². The van der Waals surface area contributed by atoms with E-state index in [0.29, 0.717) is 29.9 Å². The van der Waals surface area contributed by atoms with E-state index in [4.69, 9.17) is 11.6 Å². The summed E-state index contributed by atoms with van der Waals surface area (Å²) in [6.45, 7) is 0. The molecule has 1 saturated carbocycles. The van der Waals surface area contributed by atoms with Gasteiger partial charge in [0.05, 0.1) is 11.9 Å². The molecular weight excluding hydrogens is 388 g/mol. The normalized spacial score (nSPS) is 17.8. The SMILES string of the molecule is O=C(Nc1cnccc1-c1ccccc1)c1ccnc(NC(=O)C2CC(Cl)C2)c1. The molecule has 0 unspecified atom stereocenters. The molecule has 1 aliphatic carbocycles. The highest BCUT2D eigenvalue weighted by Gasteiger charge is 2.33. The first-order valence-electron chi connectivity index (χ1n) is 9.32. The molecule has 2 N–H and O–H groups in total. The number of nitrogens with zero attached hydrogens (tertiary/aromatic N) is 2. The molecule has 0 bridgehead atoms. The molecule has 0 spiro atoms. The molecule has 0 saturated heterocycles. The van der Waals surface area contributed by atoms with Crippen molar-refractivity contribution in [2.24, 2.45) is 5.92 Å². The predicted molar refractivity (Wildman–Crippen MR) is 113 cm³/mol. The molecule has 1 aromatic carbocycles. The summed E-state index contributed by atoms with van der Waals surface area (Å²) < 4.78 is 0. The fraction of sp³-hybridized carbons (Fsp3) is 0.182. The van der Waals surface area contributed by atoms with E-state index >= 15 is 0 Å². The average Bonchev–Trinajstić information content (AvgIpc) is 2.72. The van der Waals surface area contributed by atoms with Crippen LogP contribution in [-0.4, -0.2) is 27.2 Å². The largest absolute Gasteiger partial charge is 0.320 e. The maximum Gasteiger partial charge on any atom is 0.255 e. The number of carbonyl (C=O) groups excluding carboxylic acids is 2. The van der Waals surface area contributed by atoms with Gasteiger partial charge in [-0.3, -0.25) is 14.6 Å². The van der Waals surface area contributed by atoms with E-state index in [9.17, 15) is 9.59 Å². The molecule has 0 aliphatic heterocycles. The van der Waals surface area contributed by atoms with E-state index in [0.717, 1.165) is 11.1 Å². The summed E-state index contributed by atoms with van der Waals surface area (Å²) in [6, 6.07) is 14.8. The maximum absolute atomic E-state index is 12.8. The van der Waals surface area contributed by atoms with Crippen molar-refractivity contribution >= 4 is 34.9 Å². The molecule has 3 aromatic rings. The minimum absolute atomic E-state index is 0.0640. The highest BCUT2D eigenvalue weighted by atomic mass is 35.5. The Hall–Kier alpha value is -3.25. The Morgan fingerprint density at radius 2 is 1.79 bits per heavy atom. The molecule has 2 aromatic heterocycles. The van der Waals surface area contributed by atoms with Crippen LogP contribution in [0.5, 0.6) is 0 Å². The van der Waals surface area contributed by atoms with E-state index in [1.807, 2.05) is 36.4 Å². The van der Waals surface area contributed by atoms with Gasteiger partial charge in [-0.05, 0) is 36.6 Å². The average molecular weight is 407 g/mol. The van der Waals surface area contributed by atoms with Gasteiger partial charge in [0.15, 0.2) is 0 Å². The summed E-state index contributed by atoms with van der Waals surface area (Å²) in [7, 11) is 0. The standard InChI is InChI=1S/C22H19ClN4O2/c23-17-10-16(11-17)22(29)27-20-12-15(6-9-25-20)21(28)26-19-13-24-8-7-18(19)14-4-2-1-3-5-14/h1-9,12-13,16-17H,10-11H2,(H,26,28)(H,25,27,29). The number of nitrogens with one attached hydrogen (secondary N) is 2. The van der Waals surface area contributed by atoms with E-state index in [1.165, 1.54) is 6.20 Å². The zero-order valence-corrected chi connectivity index (χ0v) is 16.3. The molecule has 2 heterocycles. The van der Waals surface area contributed by atoms with Crippen LogP contribution in [0.1, 0.15) is 23.2 Å². The molecule has 0 atom stereocenters. The number of alkyl halides is 1. The number of pyridine rings is 2. The number of rotatable bonds is 5. The van der Waals surface area contributed by atoms with E-state index in [2.05, 4.69) is 20.6 Å². The minimum Gasteiger partial charge on any atom is -0.320 e. The summed E-state index contributed by atoms with van der Waals surface area (Å²) in [5.41, 5.74) is 2.85. The first kappa shape index (κ1) is 19.1. The molecule has 29 heavy (non-hydrogen) atoms. The number of aromatic nitrogens is 2. The van der Waals surface area contributed by atoms with Gasteiger partial charge in [-0.1, -0.05) is 30.3 Å². The van der Waals surface area contributed by atoms with Gasteiger partial charge in [0, 0.05) is 34.8 Å². The van der Waals surface area contributed by atoms with Crippen LogP contribution in [0.2, 0.25) is 0 Å². The Labute approximate surface area is 173 Å². The van der Waals surface area contributed by atoms with Crippen molar-refractivity contribution in [1.82, 2.24) is 9.97 Å². The predicted octanol–water partition coefficient (Wildman–Crippen LogP) is 4.35. The van der Waals surface area contributed by atoms with Crippen molar-refractivity contribution in [3.05, 3.63) is 72.7 Å². The minimum atomic E-state index is -0.308. The van der Waals surface area contributed by atoms with Crippen molar-refractivity contribution in [1.29, 1.82) is 0 Å². The van der Waals surface area contributed by atoms with Crippen LogP contribution < -0.4 is 10.6 Å². The monoisotopic (exact) mass is 406 g/mol. The molecule has 1 fully saturated rings. The van der Waals surface area contributed by atoms with E-state index in [1.54, 1.807) is 24.5 Å². The number of hydrogen-bond donors (Lipinski definition) is 2. The highest BCUT2D eigenvalue weighted by Crippen LogP contribution is 2.32. The maximum atomic E-state index is 12.8. The Morgan fingerprint density at radius 3 is 2.55 bits per heavy atom. The topological polar surface area (TPSA) is 84.0 Å². The van der Waals surface area contributed by atoms with Crippen LogP contribution >= 0.6 is 11.6 Å². The Morgan fingerprint density at radius 1 is 1.00 bits per heavy atom. The molecule has 4 rings (SSSR count). The summed E-state index contributed by atoms with van der Waals surface area (Å²) in [5.74, 6) is -0.182. The van der Waals surface area contributed by atoms with E-state index < -0.39 is 0 Å². The summed E-state index contributed by atoms with van der Waals surface area (Å²) in [6.07, 6.45) is 6.12. The third-order valence-corrected chi connectivity index (χ3v) is 5.24. The van der Waals surface area contributed by atoms with Gasteiger partial charge in [-0.25, -0.2) is 4.98 Å². The smallest absolute Gasteiger partial charge is 0.255 e. The summed E-state index contributed by atoms with van der Waals surface area (Å²) in [5, 5.41) is 5.72. The van der Waals surface area contributed by atoms with E-state index in [-0.39, 0.29) is 23.1 Å². The highest BCUT2D eigenvalue weighted by molar-refractivity contribution is 6.21. The van der Waals surface area contributed by atoms with Gasteiger partial charge in [0.1, 0.15) is 5.82 Å². The van der Waals surface area contributed by atoms with Crippen molar-refractivity contribution in [2.75, 3.05) is 10.6 Å². The first-order valence-corrected chi connectivity index (χ1v) is 9.75. The zero-order chi connectivity index (χ0) is 20.2. The second kappa shape index (κ2) is 8.41. The first-order chi connectivity index (χ1) is 14.1. The van der Waals surface area contributed by atoms with Crippen molar-refractivity contribution < 1.29 is 9.59 Å². The number of amides is 2. The van der Waals surface area contributed by atoms with Gasteiger partial charge in [-0.2, -0.15) is 0 Å². The lowest BCUT2D eigenvalue weighted by molar-refractivity contribution is -0.122. The third-order valence-electron chi connectivity index (χ3n) is 4.88. The van der Waals surface area contributed by atoms with Crippen molar-refractivity contribution in [2.45, 2.75) is 18.2 Å². The van der Waals surface area contributed by atoms with Crippen LogP contribution in [0, 0.1) is 5.92 Å². The van der Waals surface area contributed by atoms with Crippen LogP contribution in [0.15, 0.2) is 67.1 Å². The molecule has 6 nitrogen and oxygen atoms in total. The van der Waals surface area contributed by atoms with Crippen LogP contribution in [-0.2, 0) is 4.79 Å².